The van der Waals surface area contributed by atoms with Crippen molar-refractivity contribution in [2.24, 2.45) is 11.8 Å². The third kappa shape index (κ3) is 3.28. The van der Waals surface area contributed by atoms with Crippen LogP contribution < -0.4 is 5.32 Å². The van der Waals surface area contributed by atoms with E-state index in [0.717, 1.165) is 18.3 Å². The van der Waals surface area contributed by atoms with Gasteiger partial charge >= 0.3 is 0 Å². The summed E-state index contributed by atoms with van der Waals surface area (Å²) in [5.74, 6) is 1.74. The van der Waals surface area contributed by atoms with Crippen LogP contribution in [0.5, 0.6) is 0 Å². The van der Waals surface area contributed by atoms with Gasteiger partial charge in [0.2, 0.25) is 0 Å². The number of para-hydroxylation sites is 1. The lowest BCUT2D eigenvalue weighted by Gasteiger charge is -2.33. The summed E-state index contributed by atoms with van der Waals surface area (Å²) in [5.41, 5.74) is 2.80. The predicted octanol–water partition coefficient (Wildman–Crippen LogP) is 4.88. The second-order valence-corrected chi connectivity index (χ2v) is 6.02. The fourth-order valence-electron chi connectivity index (χ4n) is 3.15. The standard InChI is InChI=1S/C17H27N/c1-4-14-8-5-6-11-17(14)18-16-10-7-9-15(12-16)13(2)3/h5-6,8,11,13,15-16,18H,4,7,9-10,12H2,1-3H3. The van der Waals surface area contributed by atoms with Crippen molar-refractivity contribution in [1.29, 1.82) is 0 Å². The van der Waals surface area contributed by atoms with Crippen LogP contribution in [0.15, 0.2) is 24.3 Å². The molecule has 2 unspecified atom stereocenters. The molecule has 1 aliphatic carbocycles. The Morgan fingerprint density at radius 1 is 1.22 bits per heavy atom. The van der Waals surface area contributed by atoms with Gasteiger partial charge in [0.25, 0.3) is 0 Å². The second kappa shape index (κ2) is 6.26. The summed E-state index contributed by atoms with van der Waals surface area (Å²) < 4.78 is 0. The van der Waals surface area contributed by atoms with Gasteiger partial charge in [0.1, 0.15) is 0 Å². The summed E-state index contributed by atoms with van der Waals surface area (Å²) in [6, 6.07) is 9.44. The van der Waals surface area contributed by atoms with E-state index < -0.39 is 0 Å². The number of hydrogen-bond acceptors (Lipinski definition) is 1. The smallest absolute Gasteiger partial charge is 0.0374 e. The van der Waals surface area contributed by atoms with Crippen molar-refractivity contribution in [1.82, 2.24) is 0 Å². The molecule has 1 fully saturated rings. The molecular weight excluding hydrogens is 218 g/mol. The Morgan fingerprint density at radius 2 is 2.00 bits per heavy atom. The van der Waals surface area contributed by atoms with Gasteiger partial charge in [-0.2, -0.15) is 0 Å². The van der Waals surface area contributed by atoms with Gasteiger partial charge in [-0.15, -0.1) is 0 Å². The Labute approximate surface area is 112 Å². The Balaban J connectivity index is 2.00. The van der Waals surface area contributed by atoms with Gasteiger partial charge in [0.05, 0.1) is 0 Å². The van der Waals surface area contributed by atoms with E-state index in [4.69, 9.17) is 0 Å². The lowest BCUT2D eigenvalue weighted by atomic mass is 9.79. The van der Waals surface area contributed by atoms with E-state index in [-0.39, 0.29) is 0 Å². The molecule has 100 valence electrons. The SMILES string of the molecule is CCc1ccccc1NC1CCCC(C(C)C)C1. The van der Waals surface area contributed by atoms with Crippen molar-refractivity contribution in [3.8, 4) is 0 Å². The highest BCUT2D eigenvalue weighted by atomic mass is 14.9. The van der Waals surface area contributed by atoms with E-state index in [2.05, 4.69) is 50.4 Å². The zero-order chi connectivity index (χ0) is 13.0. The molecule has 1 nitrogen and oxygen atoms in total. The predicted molar refractivity (Wildman–Crippen MR) is 80.0 cm³/mol. The molecule has 1 aromatic rings. The number of benzene rings is 1. The van der Waals surface area contributed by atoms with Crippen LogP contribution in [-0.4, -0.2) is 6.04 Å². The first-order valence-electron chi connectivity index (χ1n) is 7.55. The maximum atomic E-state index is 3.79. The van der Waals surface area contributed by atoms with Crippen LogP contribution in [0.2, 0.25) is 0 Å². The molecule has 0 radical (unpaired) electrons. The normalized spacial score (nSPS) is 24.2. The molecule has 2 atom stereocenters. The summed E-state index contributed by atoms with van der Waals surface area (Å²) in [6.07, 6.45) is 6.60. The quantitative estimate of drug-likeness (QED) is 0.797. The molecule has 1 aromatic carbocycles. The monoisotopic (exact) mass is 245 g/mol. The van der Waals surface area contributed by atoms with E-state index >= 15 is 0 Å². The van der Waals surface area contributed by atoms with Crippen molar-refractivity contribution in [2.75, 3.05) is 5.32 Å². The number of anilines is 1. The molecule has 0 heterocycles. The van der Waals surface area contributed by atoms with Crippen molar-refractivity contribution in [2.45, 2.75) is 58.9 Å². The van der Waals surface area contributed by atoms with Crippen LogP contribution in [0.3, 0.4) is 0 Å². The third-order valence-electron chi connectivity index (χ3n) is 4.42. The summed E-state index contributed by atoms with van der Waals surface area (Å²) in [7, 11) is 0. The zero-order valence-electron chi connectivity index (χ0n) is 12.1. The topological polar surface area (TPSA) is 12.0 Å². The van der Waals surface area contributed by atoms with E-state index in [1.54, 1.807) is 0 Å². The van der Waals surface area contributed by atoms with Crippen LogP contribution >= 0.6 is 0 Å². The van der Waals surface area contributed by atoms with Gasteiger partial charge in [0.15, 0.2) is 0 Å². The highest BCUT2D eigenvalue weighted by Gasteiger charge is 2.24. The first-order chi connectivity index (χ1) is 8.70. The van der Waals surface area contributed by atoms with E-state index in [9.17, 15) is 0 Å². The van der Waals surface area contributed by atoms with Gasteiger partial charge in [-0.25, -0.2) is 0 Å². The molecular formula is C17H27N. The van der Waals surface area contributed by atoms with Crippen molar-refractivity contribution in [3.05, 3.63) is 29.8 Å². The van der Waals surface area contributed by atoms with Crippen molar-refractivity contribution in [3.63, 3.8) is 0 Å². The Kier molecular flexibility index (Phi) is 4.68. The lowest BCUT2D eigenvalue weighted by molar-refractivity contribution is 0.264. The summed E-state index contributed by atoms with van der Waals surface area (Å²) in [6.45, 7) is 6.97. The van der Waals surface area contributed by atoms with Crippen molar-refractivity contribution >= 4 is 5.69 Å². The van der Waals surface area contributed by atoms with Gasteiger partial charge in [-0.1, -0.05) is 51.8 Å². The maximum Gasteiger partial charge on any atom is 0.0374 e. The molecule has 1 N–H and O–H groups in total. The molecule has 2 rings (SSSR count). The number of nitrogens with one attached hydrogen (secondary N) is 1. The van der Waals surface area contributed by atoms with E-state index in [1.807, 2.05) is 0 Å². The summed E-state index contributed by atoms with van der Waals surface area (Å²) >= 11 is 0. The minimum atomic E-state index is 0.679. The molecule has 0 spiro atoms. The lowest BCUT2D eigenvalue weighted by Crippen LogP contribution is -2.29. The number of aryl methyl sites for hydroxylation is 1. The van der Waals surface area contributed by atoms with Crippen LogP contribution in [0.25, 0.3) is 0 Å². The molecule has 1 aliphatic rings. The highest BCUT2D eigenvalue weighted by molar-refractivity contribution is 5.51. The molecule has 18 heavy (non-hydrogen) atoms. The number of hydrogen-bond donors (Lipinski definition) is 1. The fraction of sp³-hybridized carbons (Fsp3) is 0.647. The van der Waals surface area contributed by atoms with Crippen molar-refractivity contribution < 1.29 is 0 Å². The van der Waals surface area contributed by atoms with E-state index in [0.29, 0.717) is 6.04 Å². The van der Waals surface area contributed by atoms with Gasteiger partial charge < -0.3 is 5.32 Å². The molecule has 1 heteroatoms. The Hall–Kier alpha value is -0.980. The molecule has 0 aromatic heterocycles. The van der Waals surface area contributed by atoms with Gasteiger partial charge in [-0.05, 0) is 42.7 Å². The minimum Gasteiger partial charge on any atom is -0.382 e. The first-order valence-corrected chi connectivity index (χ1v) is 7.55. The Morgan fingerprint density at radius 3 is 2.72 bits per heavy atom. The average molecular weight is 245 g/mol. The second-order valence-electron chi connectivity index (χ2n) is 6.02. The molecule has 0 bridgehead atoms. The number of rotatable bonds is 4. The van der Waals surface area contributed by atoms with Crippen LogP contribution in [0.4, 0.5) is 5.69 Å². The third-order valence-corrected chi connectivity index (χ3v) is 4.42. The minimum absolute atomic E-state index is 0.679. The first kappa shape index (κ1) is 13.5. The zero-order valence-corrected chi connectivity index (χ0v) is 12.1. The van der Waals surface area contributed by atoms with Crippen LogP contribution in [0.1, 0.15) is 52.0 Å². The summed E-state index contributed by atoms with van der Waals surface area (Å²) in [5, 5.41) is 3.79. The molecule has 1 saturated carbocycles. The maximum absolute atomic E-state index is 3.79. The van der Waals surface area contributed by atoms with Gasteiger partial charge in [0, 0.05) is 11.7 Å². The van der Waals surface area contributed by atoms with Crippen LogP contribution in [0, 0.1) is 11.8 Å². The van der Waals surface area contributed by atoms with Gasteiger partial charge in [-0.3, -0.25) is 0 Å². The molecule has 0 amide bonds. The molecule has 0 saturated heterocycles. The Bertz CT molecular complexity index is 370. The average Bonchev–Trinajstić information content (AvgIpc) is 2.39. The summed E-state index contributed by atoms with van der Waals surface area (Å²) in [4.78, 5) is 0. The molecule has 0 aliphatic heterocycles. The highest BCUT2D eigenvalue weighted by Crippen LogP contribution is 2.32. The largest absolute Gasteiger partial charge is 0.382 e. The van der Waals surface area contributed by atoms with Crippen LogP contribution in [-0.2, 0) is 6.42 Å². The fourth-order valence-corrected chi connectivity index (χ4v) is 3.15. The van der Waals surface area contributed by atoms with E-state index in [1.165, 1.54) is 36.9 Å².